The number of rotatable bonds is 3. The van der Waals surface area contributed by atoms with Crippen LogP contribution in [0.25, 0.3) is 0 Å². The lowest BCUT2D eigenvalue weighted by molar-refractivity contribution is -0.157. The summed E-state index contributed by atoms with van der Waals surface area (Å²) in [5.41, 5.74) is 5.71. The second-order valence-corrected chi connectivity index (χ2v) is 6.14. The second kappa shape index (κ2) is 6.37. The van der Waals surface area contributed by atoms with Gasteiger partial charge >= 0.3 is 5.97 Å². The van der Waals surface area contributed by atoms with E-state index in [2.05, 4.69) is 0 Å². The van der Waals surface area contributed by atoms with E-state index in [1.807, 2.05) is 20.8 Å². The first-order valence-electron chi connectivity index (χ1n) is 7.01. The molecule has 19 heavy (non-hydrogen) atoms. The lowest BCUT2D eigenvalue weighted by atomic mass is 9.85. The van der Waals surface area contributed by atoms with Crippen molar-refractivity contribution in [3.05, 3.63) is 0 Å². The standard InChI is InChI=1S/C14H26N2O3/c1-5-19-13(18)10-8-6-7-9-16(10)12(17)11(15)14(2,3)4/h10-11H,5-9,15H2,1-4H3. The molecule has 0 spiro atoms. The predicted molar refractivity (Wildman–Crippen MR) is 73.4 cm³/mol. The maximum Gasteiger partial charge on any atom is 0.328 e. The summed E-state index contributed by atoms with van der Waals surface area (Å²) >= 11 is 0. The third kappa shape index (κ3) is 3.93. The molecule has 0 radical (unpaired) electrons. The Morgan fingerprint density at radius 1 is 1.37 bits per heavy atom. The van der Waals surface area contributed by atoms with Gasteiger partial charge in [-0.15, -0.1) is 0 Å². The number of nitrogens with zero attached hydrogens (tertiary/aromatic N) is 1. The minimum Gasteiger partial charge on any atom is -0.464 e. The number of hydrogen-bond donors (Lipinski definition) is 1. The van der Waals surface area contributed by atoms with Crippen molar-refractivity contribution in [2.75, 3.05) is 13.2 Å². The highest BCUT2D eigenvalue weighted by Gasteiger charge is 2.38. The van der Waals surface area contributed by atoms with Crippen molar-refractivity contribution in [2.45, 2.75) is 59.0 Å². The van der Waals surface area contributed by atoms with E-state index in [4.69, 9.17) is 10.5 Å². The summed E-state index contributed by atoms with van der Waals surface area (Å²) in [6, 6.07) is -1.06. The Hall–Kier alpha value is -1.10. The molecule has 2 atom stereocenters. The topological polar surface area (TPSA) is 72.6 Å². The molecule has 1 fully saturated rings. The predicted octanol–water partition coefficient (Wildman–Crippen LogP) is 1.30. The molecule has 1 aliphatic heterocycles. The molecule has 0 aromatic heterocycles. The number of hydrogen-bond acceptors (Lipinski definition) is 4. The molecular weight excluding hydrogens is 244 g/mol. The molecule has 0 aromatic carbocycles. The molecular formula is C14H26N2O3. The van der Waals surface area contributed by atoms with Gasteiger partial charge < -0.3 is 15.4 Å². The fourth-order valence-electron chi connectivity index (χ4n) is 2.23. The highest BCUT2D eigenvalue weighted by Crippen LogP contribution is 2.24. The Labute approximate surface area is 115 Å². The van der Waals surface area contributed by atoms with Gasteiger partial charge in [-0.1, -0.05) is 20.8 Å². The second-order valence-electron chi connectivity index (χ2n) is 6.14. The maximum atomic E-state index is 12.5. The largest absolute Gasteiger partial charge is 0.464 e. The van der Waals surface area contributed by atoms with Crippen LogP contribution in [0.4, 0.5) is 0 Å². The van der Waals surface area contributed by atoms with Gasteiger partial charge in [0.15, 0.2) is 0 Å². The van der Waals surface area contributed by atoms with Crippen LogP contribution >= 0.6 is 0 Å². The summed E-state index contributed by atoms with van der Waals surface area (Å²) in [7, 11) is 0. The molecule has 0 aromatic rings. The molecule has 2 unspecified atom stereocenters. The summed E-state index contributed by atoms with van der Waals surface area (Å²) in [6.07, 6.45) is 2.53. The zero-order valence-electron chi connectivity index (χ0n) is 12.4. The van der Waals surface area contributed by atoms with Crippen LogP contribution in [0.2, 0.25) is 0 Å². The van der Waals surface area contributed by atoms with Gasteiger partial charge in [-0.25, -0.2) is 4.79 Å². The SMILES string of the molecule is CCOC(=O)C1CCCCN1C(=O)C(N)C(C)(C)C. The van der Waals surface area contributed by atoms with E-state index in [0.717, 1.165) is 12.8 Å². The molecule has 1 amide bonds. The number of ether oxygens (including phenoxy) is 1. The maximum absolute atomic E-state index is 12.5. The van der Waals surface area contributed by atoms with E-state index < -0.39 is 12.1 Å². The van der Waals surface area contributed by atoms with E-state index in [9.17, 15) is 9.59 Å². The van der Waals surface area contributed by atoms with Crippen LogP contribution in [0.1, 0.15) is 47.0 Å². The molecule has 1 aliphatic rings. The lowest BCUT2D eigenvalue weighted by Crippen LogP contribution is -2.57. The van der Waals surface area contributed by atoms with Crippen molar-refractivity contribution in [3.8, 4) is 0 Å². The molecule has 5 heteroatoms. The van der Waals surface area contributed by atoms with Gasteiger partial charge in [0, 0.05) is 6.54 Å². The summed E-state index contributed by atoms with van der Waals surface area (Å²) in [5.74, 6) is -0.457. The first-order chi connectivity index (χ1) is 8.79. The van der Waals surface area contributed by atoms with Gasteiger partial charge in [-0.2, -0.15) is 0 Å². The highest BCUT2D eigenvalue weighted by atomic mass is 16.5. The number of carbonyl (C=O) groups excluding carboxylic acids is 2. The van der Waals surface area contributed by atoms with Crippen LogP contribution in [-0.4, -0.2) is 42.0 Å². The lowest BCUT2D eigenvalue weighted by Gasteiger charge is -2.38. The molecule has 1 rings (SSSR count). The van der Waals surface area contributed by atoms with E-state index in [0.29, 0.717) is 19.6 Å². The van der Waals surface area contributed by atoms with E-state index in [1.165, 1.54) is 0 Å². The Balaban J connectivity index is 2.82. The average molecular weight is 270 g/mol. The van der Waals surface area contributed by atoms with E-state index in [1.54, 1.807) is 11.8 Å². The smallest absolute Gasteiger partial charge is 0.328 e. The van der Waals surface area contributed by atoms with Crippen molar-refractivity contribution < 1.29 is 14.3 Å². The quantitative estimate of drug-likeness (QED) is 0.785. The van der Waals surface area contributed by atoms with Crippen molar-refractivity contribution in [1.82, 2.24) is 4.90 Å². The zero-order valence-corrected chi connectivity index (χ0v) is 12.4. The van der Waals surface area contributed by atoms with E-state index >= 15 is 0 Å². The molecule has 0 aliphatic carbocycles. The minimum atomic E-state index is -0.595. The van der Waals surface area contributed by atoms with Gasteiger partial charge in [0.2, 0.25) is 5.91 Å². The fraction of sp³-hybridized carbons (Fsp3) is 0.857. The summed E-state index contributed by atoms with van der Waals surface area (Å²) in [5, 5.41) is 0. The van der Waals surface area contributed by atoms with Gasteiger partial charge in [0.25, 0.3) is 0 Å². The van der Waals surface area contributed by atoms with Crippen LogP contribution in [0.15, 0.2) is 0 Å². The van der Waals surface area contributed by atoms with Crippen LogP contribution in [0.5, 0.6) is 0 Å². The minimum absolute atomic E-state index is 0.148. The molecule has 0 saturated carbocycles. The number of nitrogens with two attached hydrogens (primary N) is 1. The van der Waals surface area contributed by atoms with Gasteiger partial charge in [-0.3, -0.25) is 4.79 Å². The number of piperidine rings is 1. The van der Waals surface area contributed by atoms with Crippen LogP contribution in [-0.2, 0) is 14.3 Å². The molecule has 0 bridgehead atoms. The molecule has 1 saturated heterocycles. The van der Waals surface area contributed by atoms with Gasteiger partial charge in [0.05, 0.1) is 12.6 Å². The highest BCUT2D eigenvalue weighted by molar-refractivity contribution is 5.88. The zero-order chi connectivity index (χ0) is 14.6. The summed E-state index contributed by atoms with van der Waals surface area (Å²) < 4.78 is 5.05. The van der Waals surface area contributed by atoms with E-state index in [-0.39, 0.29) is 17.3 Å². The average Bonchev–Trinajstić information content (AvgIpc) is 2.36. The van der Waals surface area contributed by atoms with Crippen LogP contribution in [0.3, 0.4) is 0 Å². The summed E-state index contributed by atoms with van der Waals surface area (Å²) in [6.45, 7) is 8.49. The van der Waals surface area contributed by atoms with Gasteiger partial charge in [-0.05, 0) is 31.6 Å². The normalized spacial score (nSPS) is 21.9. The van der Waals surface area contributed by atoms with Crippen molar-refractivity contribution >= 4 is 11.9 Å². The third-order valence-corrected chi connectivity index (χ3v) is 3.54. The number of carbonyl (C=O) groups is 2. The molecule has 110 valence electrons. The van der Waals surface area contributed by atoms with Crippen LogP contribution < -0.4 is 5.73 Å². The Morgan fingerprint density at radius 2 is 2.00 bits per heavy atom. The summed E-state index contributed by atoms with van der Waals surface area (Å²) in [4.78, 5) is 26.0. The Kier molecular flexibility index (Phi) is 5.35. The number of likely N-dealkylation sites (tertiary alicyclic amines) is 1. The van der Waals surface area contributed by atoms with Gasteiger partial charge in [0.1, 0.15) is 6.04 Å². The van der Waals surface area contributed by atoms with Crippen molar-refractivity contribution in [1.29, 1.82) is 0 Å². The Bertz CT molecular complexity index is 336. The third-order valence-electron chi connectivity index (χ3n) is 3.54. The molecule has 1 heterocycles. The first kappa shape index (κ1) is 16.0. The molecule has 2 N–H and O–H groups in total. The van der Waals surface area contributed by atoms with Crippen LogP contribution in [0, 0.1) is 5.41 Å². The first-order valence-corrected chi connectivity index (χ1v) is 7.01. The monoisotopic (exact) mass is 270 g/mol. The van der Waals surface area contributed by atoms with Crippen molar-refractivity contribution in [3.63, 3.8) is 0 Å². The van der Waals surface area contributed by atoms with Crippen molar-refractivity contribution in [2.24, 2.45) is 11.1 Å². The Morgan fingerprint density at radius 3 is 2.53 bits per heavy atom. The number of amides is 1. The molecule has 5 nitrogen and oxygen atoms in total. The number of esters is 1. The fourth-order valence-corrected chi connectivity index (χ4v) is 2.23.